The molecule has 1 aliphatic heterocycles. The normalized spacial score (nSPS) is 16.7. The Kier molecular flexibility index (Phi) is 4.83. The zero-order valence-corrected chi connectivity index (χ0v) is 12.6. The summed E-state index contributed by atoms with van der Waals surface area (Å²) in [5.74, 6) is 0.385. The molecule has 0 saturated carbocycles. The molecule has 110 valence electrons. The van der Waals surface area contributed by atoms with Gasteiger partial charge in [-0.25, -0.2) is 9.78 Å². The number of hydrogen-bond acceptors (Lipinski definition) is 4. The first kappa shape index (κ1) is 15.1. The maximum atomic E-state index is 11.1. The van der Waals surface area contributed by atoms with Gasteiger partial charge in [-0.15, -0.1) is 0 Å². The van der Waals surface area contributed by atoms with Gasteiger partial charge in [-0.3, -0.25) is 0 Å². The number of pyridine rings is 1. The summed E-state index contributed by atoms with van der Waals surface area (Å²) < 4.78 is 0. The lowest BCUT2D eigenvalue weighted by molar-refractivity contribution is 0.0696. The first-order valence-corrected chi connectivity index (χ1v) is 7.14. The van der Waals surface area contributed by atoms with Crippen LogP contribution in [0.15, 0.2) is 12.1 Å². The van der Waals surface area contributed by atoms with Crippen LogP contribution in [0.3, 0.4) is 0 Å². The number of rotatable bonds is 4. The van der Waals surface area contributed by atoms with Gasteiger partial charge in [0.2, 0.25) is 0 Å². The number of piperidine rings is 1. The van der Waals surface area contributed by atoms with Crippen molar-refractivity contribution in [3.63, 3.8) is 0 Å². The van der Waals surface area contributed by atoms with Gasteiger partial charge in [0.1, 0.15) is 11.0 Å². The minimum atomic E-state index is -0.974. The lowest BCUT2D eigenvalue weighted by Crippen LogP contribution is -2.37. The predicted octanol–water partition coefficient (Wildman–Crippen LogP) is 2.21. The summed E-state index contributed by atoms with van der Waals surface area (Å²) in [4.78, 5) is 19.6. The largest absolute Gasteiger partial charge is 0.478 e. The van der Waals surface area contributed by atoms with Gasteiger partial charge in [0, 0.05) is 19.6 Å². The van der Waals surface area contributed by atoms with Crippen LogP contribution in [-0.2, 0) is 0 Å². The Morgan fingerprint density at radius 3 is 2.65 bits per heavy atom. The molecule has 1 fully saturated rings. The van der Waals surface area contributed by atoms with Gasteiger partial charge in [0.05, 0.1) is 5.56 Å². The summed E-state index contributed by atoms with van der Waals surface area (Å²) in [5, 5.41) is 9.29. The Morgan fingerprint density at radius 1 is 1.45 bits per heavy atom. The highest BCUT2D eigenvalue weighted by Crippen LogP contribution is 2.24. The Bertz CT molecular complexity index is 485. The maximum Gasteiger partial charge on any atom is 0.335 e. The molecule has 2 heterocycles. The number of carboxylic acids is 1. The first-order valence-electron chi connectivity index (χ1n) is 6.76. The van der Waals surface area contributed by atoms with E-state index in [-0.39, 0.29) is 10.7 Å². The van der Waals surface area contributed by atoms with E-state index >= 15 is 0 Å². The van der Waals surface area contributed by atoms with E-state index in [1.165, 1.54) is 6.07 Å². The molecule has 0 radical (unpaired) electrons. The number of carboxylic acid groups (broad SMARTS) is 1. The quantitative estimate of drug-likeness (QED) is 0.864. The SMILES string of the molecule is CN(C)CC1CCN(c2cc(C(=O)O)cc(Cl)n2)CC1. The van der Waals surface area contributed by atoms with Crippen LogP contribution in [0.1, 0.15) is 23.2 Å². The van der Waals surface area contributed by atoms with Crippen molar-refractivity contribution in [1.82, 2.24) is 9.88 Å². The summed E-state index contributed by atoms with van der Waals surface area (Å²) >= 11 is 5.90. The summed E-state index contributed by atoms with van der Waals surface area (Å²) in [6.45, 7) is 2.88. The molecule has 0 atom stereocenters. The molecule has 0 amide bonds. The first-order chi connectivity index (χ1) is 9.45. The average Bonchev–Trinajstić information content (AvgIpc) is 2.38. The molecule has 1 saturated heterocycles. The molecular formula is C14H20ClN3O2. The zero-order valence-electron chi connectivity index (χ0n) is 11.8. The van der Waals surface area contributed by atoms with Gasteiger partial charge < -0.3 is 14.9 Å². The molecule has 1 aromatic heterocycles. The Labute approximate surface area is 124 Å². The third-order valence-corrected chi connectivity index (χ3v) is 3.78. The van der Waals surface area contributed by atoms with Crippen LogP contribution in [0.25, 0.3) is 0 Å². The van der Waals surface area contributed by atoms with E-state index in [2.05, 4.69) is 28.9 Å². The minimum absolute atomic E-state index is 0.190. The summed E-state index contributed by atoms with van der Waals surface area (Å²) in [5.41, 5.74) is 0.190. The lowest BCUT2D eigenvalue weighted by atomic mass is 9.96. The molecule has 0 unspecified atom stereocenters. The summed E-state index contributed by atoms with van der Waals surface area (Å²) in [7, 11) is 4.17. The highest BCUT2D eigenvalue weighted by molar-refractivity contribution is 6.29. The van der Waals surface area contributed by atoms with Crippen LogP contribution in [0, 0.1) is 5.92 Å². The molecule has 2 rings (SSSR count). The van der Waals surface area contributed by atoms with Crippen molar-refractivity contribution in [1.29, 1.82) is 0 Å². The molecular weight excluding hydrogens is 278 g/mol. The predicted molar refractivity (Wildman–Crippen MR) is 79.7 cm³/mol. The van der Waals surface area contributed by atoms with Crippen molar-refractivity contribution < 1.29 is 9.90 Å². The van der Waals surface area contributed by atoms with E-state index in [4.69, 9.17) is 16.7 Å². The third-order valence-electron chi connectivity index (χ3n) is 3.59. The molecule has 0 aliphatic carbocycles. The molecule has 1 aliphatic rings. The Morgan fingerprint density at radius 2 is 2.10 bits per heavy atom. The van der Waals surface area contributed by atoms with E-state index in [9.17, 15) is 4.79 Å². The standard InChI is InChI=1S/C14H20ClN3O2/c1-17(2)9-10-3-5-18(6-4-10)13-8-11(14(19)20)7-12(15)16-13/h7-8,10H,3-6,9H2,1-2H3,(H,19,20). The lowest BCUT2D eigenvalue weighted by Gasteiger charge is -2.34. The van der Waals surface area contributed by atoms with Gasteiger partial charge >= 0.3 is 5.97 Å². The fraction of sp³-hybridized carbons (Fsp3) is 0.571. The molecule has 6 heteroatoms. The molecule has 1 N–H and O–H groups in total. The van der Waals surface area contributed by atoms with Crippen molar-refractivity contribution in [2.75, 3.05) is 38.6 Å². The minimum Gasteiger partial charge on any atom is -0.478 e. The maximum absolute atomic E-state index is 11.1. The summed E-state index contributed by atoms with van der Waals surface area (Å²) in [6.07, 6.45) is 2.18. The number of halogens is 1. The van der Waals surface area contributed by atoms with Crippen molar-refractivity contribution in [3.8, 4) is 0 Å². The second kappa shape index (κ2) is 6.41. The number of aromatic nitrogens is 1. The number of anilines is 1. The van der Waals surface area contributed by atoms with E-state index in [0.717, 1.165) is 32.5 Å². The van der Waals surface area contributed by atoms with E-state index < -0.39 is 5.97 Å². The van der Waals surface area contributed by atoms with Gasteiger partial charge in [0.25, 0.3) is 0 Å². The topological polar surface area (TPSA) is 56.7 Å². The molecule has 1 aromatic rings. The van der Waals surface area contributed by atoms with E-state index in [1.807, 2.05) is 0 Å². The number of hydrogen-bond donors (Lipinski definition) is 1. The fourth-order valence-electron chi connectivity index (χ4n) is 2.63. The number of carbonyl (C=O) groups is 1. The van der Waals surface area contributed by atoms with Crippen molar-refractivity contribution >= 4 is 23.4 Å². The van der Waals surface area contributed by atoms with Crippen LogP contribution in [0.5, 0.6) is 0 Å². The van der Waals surface area contributed by atoms with Gasteiger partial charge in [-0.2, -0.15) is 0 Å². The molecule has 0 spiro atoms. The van der Waals surface area contributed by atoms with Crippen LogP contribution < -0.4 is 4.90 Å². The number of nitrogens with zero attached hydrogens (tertiary/aromatic N) is 3. The van der Waals surface area contributed by atoms with Gasteiger partial charge in [0.15, 0.2) is 0 Å². The van der Waals surface area contributed by atoms with Crippen LogP contribution in [0.2, 0.25) is 5.15 Å². The second-order valence-electron chi connectivity index (χ2n) is 5.53. The van der Waals surface area contributed by atoms with Gasteiger partial charge in [-0.1, -0.05) is 11.6 Å². The van der Waals surface area contributed by atoms with E-state index in [1.54, 1.807) is 6.07 Å². The van der Waals surface area contributed by atoms with Crippen molar-refractivity contribution in [3.05, 3.63) is 22.8 Å². The third kappa shape index (κ3) is 3.84. The highest BCUT2D eigenvalue weighted by Gasteiger charge is 2.21. The molecule has 20 heavy (non-hydrogen) atoms. The molecule has 0 aromatic carbocycles. The summed E-state index contributed by atoms with van der Waals surface area (Å²) in [6, 6.07) is 2.98. The Balaban J connectivity index is 2.05. The smallest absolute Gasteiger partial charge is 0.335 e. The second-order valence-corrected chi connectivity index (χ2v) is 5.92. The van der Waals surface area contributed by atoms with Crippen LogP contribution in [-0.4, -0.2) is 54.7 Å². The van der Waals surface area contributed by atoms with Crippen molar-refractivity contribution in [2.24, 2.45) is 5.92 Å². The monoisotopic (exact) mass is 297 g/mol. The Hall–Kier alpha value is -1.33. The van der Waals surface area contributed by atoms with Crippen molar-refractivity contribution in [2.45, 2.75) is 12.8 Å². The highest BCUT2D eigenvalue weighted by atomic mass is 35.5. The van der Waals surface area contributed by atoms with Gasteiger partial charge in [-0.05, 0) is 45.0 Å². The molecule has 0 bridgehead atoms. The number of aromatic carboxylic acids is 1. The zero-order chi connectivity index (χ0) is 14.7. The average molecular weight is 298 g/mol. The van der Waals surface area contributed by atoms with E-state index in [0.29, 0.717) is 11.7 Å². The molecule has 5 nitrogen and oxygen atoms in total. The van der Waals surface area contributed by atoms with Crippen LogP contribution in [0.4, 0.5) is 5.82 Å². The fourth-order valence-corrected chi connectivity index (χ4v) is 2.83. The van der Waals surface area contributed by atoms with Crippen LogP contribution >= 0.6 is 11.6 Å².